The average molecular weight is 666 g/mol. The Morgan fingerprint density at radius 3 is 1.00 bits per heavy atom. The maximum absolute atomic E-state index is 5.70. The molecule has 4 aliphatic heterocycles. The molecule has 0 amide bonds. The molecule has 3 saturated heterocycles. The molecule has 32 heavy (non-hydrogen) atoms. The van der Waals surface area contributed by atoms with Crippen molar-refractivity contribution in [3.05, 3.63) is 5.21 Å². The standard InChI is InChI=1S/C18H36N2O6.C2H2As3.K/c1-7-21-13-14-24-10-4-20-5-11-25-17-15-22-8-2-19(1)3-9-23-16-18-26-12-6-20;1-2-4-5-3-1;/h1-18H2;1-2H;/q;-1;+1. The second-order valence-electron chi connectivity index (χ2n) is 6.98. The van der Waals surface area contributed by atoms with E-state index in [0.717, 1.165) is 76.7 Å². The average Bonchev–Trinajstić information content (AvgIpc) is 3.37. The summed E-state index contributed by atoms with van der Waals surface area (Å²) in [5.41, 5.74) is 0. The van der Waals surface area contributed by atoms with Gasteiger partial charge in [-0.3, -0.25) is 9.80 Å². The number of ether oxygens (including phenoxy) is 6. The molecule has 0 unspecified atom stereocenters. The van der Waals surface area contributed by atoms with E-state index in [9.17, 15) is 0 Å². The minimum atomic E-state index is 0. The van der Waals surface area contributed by atoms with Crippen LogP contribution >= 0.6 is 0 Å². The summed E-state index contributed by atoms with van der Waals surface area (Å²) in [6.07, 6.45) is 0. The number of rotatable bonds is 0. The van der Waals surface area contributed by atoms with Crippen molar-refractivity contribution in [2.75, 3.05) is 119 Å². The molecule has 0 aromatic rings. The van der Waals surface area contributed by atoms with Gasteiger partial charge in [0.1, 0.15) is 0 Å². The van der Waals surface area contributed by atoms with Gasteiger partial charge in [-0.05, 0) is 0 Å². The van der Waals surface area contributed by atoms with Crippen LogP contribution in [-0.4, -0.2) is 171 Å². The van der Waals surface area contributed by atoms with E-state index in [1.165, 1.54) is 0 Å². The predicted molar refractivity (Wildman–Crippen MR) is 125 cm³/mol. The molecule has 4 heterocycles. The molecular formula is C20H38As3KN2O6. The maximum atomic E-state index is 5.70. The van der Waals surface area contributed by atoms with Crippen molar-refractivity contribution in [3.63, 3.8) is 0 Å². The Kier molecular flexibility index (Phi) is 26.2. The van der Waals surface area contributed by atoms with E-state index >= 15 is 0 Å². The van der Waals surface area contributed by atoms with Gasteiger partial charge in [0.05, 0.1) is 79.3 Å². The van der Waals surface area contributed by atoms with Crippen molar-refractivity contribution in [2.45, 2.75) is 0 Å². The topological polar surface area (TPSA) is 61.9 Å². The molecule has 3 fully saturated rings. The van der Waals surface area contributed by atoms with E-state index in [2.05, 4.69) is 19.8 Å². The summed E-state index contributed by atoms with van der Waals surface area (Å²) >= 11 is 2.55. The summed E-state index contributed by atoms with van der Waals surface area (Å²) in [6, 6.07) is 0. The number of hydrogen-bond donors (Lipinski definition) is 0. The van der Waals surface area contributed by atoms with Gasteiger partial charge >= 0.3 is 98.9 Å². The van der Waals surface area contributed by atoms with E-state index in [0.29, 0.717) is 79.3 Å². The third-order valence-electron chi connectivity index (χ3n) is 4.73. The van der Waals surface area contributed by atoms with Gasteiger partial charge in [0.25, 0.3) is 0 Å². The Hall–Kier alpha value is 2.86. The van der Waals surface area contributed by atoms with Crippen LogP contribution in [0, 0.1) is 5.21 Å². The monoisotopic (exact) mass is 666 g/mol. The van der Waals surface area contributed by atoms with Crippen LogP contribution in [0.15, 0.2) is 0 Å². The van der Waals surface area contributed by atoms with Crippen LogP contribution in [0.5, 0.6) is 0 Å². The molecule has 180 valence electrons. The van der Waals surface area contributed by atoms with Crippen LogP contribution in [0.3, 0.4) is 0 Å². The summed E-state index contributed by atoms with van der Waals surface area (Å²) in [5.74, 6) is 0. The SMILES string of the molecule is C1=[As][As]=[As][CH-]1.C1COCCN2CCOCCOCCN(CCO1)CCOCCOCC2.[K+]. The molecule has 0 atom stereocenters. The molecule has 8 nitrogen and oxygen atoms in total. The fourth-order valence-corrected chi connectivity index (χ4v) is 23.7. The zero-order valence-corrected chi connectivity index (χ0v) is 28.3. The van der Waals surface area contributed by atoms with Gasteiger partial charge in [-0.2, -0.15) is 0 Å². The largest absolute Gasteiger partial charge is 1.00 e. The predicted octanol–water partition coefficient (Wildman–Crippen LogP) is -4.37. The van der Waals surface area contributed by atoms with Gasteiger partial charge in [-0.1, -0.05) is 0 Å². The van der Waals surface area contributed by atoms with Gasteiger partial charge in [-0.15, -0.1) is 0 Å². The maximum Gasteiger partial charge on any atom is 1.00 e. The molecule has 12 heteroatoms. The first-order valence-electron chi connectivity index (χ1n) is 11.1. The van der Waals surface area contributed by atoms with Crippen molar-refractivity contribution >= 4 is 42.3 Å². The number of fused-ring (bicyclic) bond motifs is 21. The first-order valence-corrected chi connectivity index (χ1v) is 23.7. The van der Waals surface area contributed by atoms with E-state index in [1.807, 2.05) is 0 Å². The Morgan fingerprint density at radius 1 is 0.500 bits per heavy atom. The molecule has 0 aliphatic carbocycles. The zero-order chi connectivity index (χ0) is 21.7. The normalized spacial score (nSPS) is 29.0. The number of nitrogens with zero attached hydrogens (tertiary/aromatic N) is 2. The van der Waals surface area contributed by atoms with Crippen LogP contribution in [0.25, 0.3) is 0 Å². The van der Waals surface area contributed by atoms with Gasteiger partial charge in [0.15, 0.2) is 0 Å². The first-order chi connectivity index (χ1) is 15.4. The van der Waals surface area contributed by atoms with Crippen LogP contribution in [0.2, 0.25) is 0 Å². The molecule has 0 N–H and O–H groups in total. The Bertz CT molecular complexity index is 395. The van der Waals surface area contributed by atoms with Crippen LogP contribution < -0.4 is 51.4 Å². The Labute approximate surface area is 252 Å². The third-order valence-corrected chi connectivity index (χ3v) is 24.3. The summed E-state index contributed by atoms with van der Waals surface area (Å²) in [5, 5.41) is 2.41. The number of hydrogen-bond acceptors (Lipinski definition) is 8. The van der Waals surface area contributed by atoms with Gasteiger partial charge in [0.2, 0.25) is 0 Å². The molecule has 0 radical (unpaired) electrons. The van der Waals surface area contributed by atoms with E-state index in [4.69, 9.17) is 28.4 Å². The minimum absolute atomic E-state index is 0. The quantitative estimate of drug-likeness (QED) is 0.190. The third kappa shape index (κ3) is 20.0. The van der Waals surface area contributed by atoms with Crippen molar-refractivity contribution < 1.29 is 79.8 Å². The van der Waals surface area contributed by atoms with Crippen molar-refractivity contribution in [1.82, 2.24) is 9.80 Å². The molecule has 0 aromatic carbocycles. The smallest absolute Gasteiger partial charge is 0.378 e. The van der Waals surface area contributed by atoms with Crippen LogP contribution in [0.1, 0.15) is 0 Å². The molecular weight excluding hydrogens is 628 g/mol. The molecule has 2 bridgehead atoms. The zero-order valence-electron chi connectivity index (χ0n) is 19.6. The van der Waals surface area contributed by atoms with Crippen molar-refractivity contribution in [1.29, 1.82) is 0 Å². The molecule has 0 aromatic heterocycles. The Balaban J connectivity index is 0.000000750. The van der Waals surface area contributed by atoms with Gasteiger partial charge in [0, 0.05) is 39.3 Å². The van der Waals surface area contributed by atoms with E-state index in [1.54, 1.807) is 0 Å². The molecule has 0 spiro atoms. The van der Waals surface area contributed by atoms with Crippen molar-refractivity contribution in [3.8, 4) is 0 Å². The second-order valence-corrected chi connectivity index (χ2v) is 26.7. The molecule has 4 rings (SSSR count). The summed E-state index contributed by atoms with van der Waals surface area (Å²) in [7, 11) is 0. The summed E-state index contributed by atoms with van der Waals surface area (Å²) < 4.78 is 34.2. The van der Waals surface area contributed by atoms with Crippen LogP contribution in [-0.2, 0) is 28.4 Å². The first kappa shape index (κ1) is 32.9. The van der Waals surface area contributed by atoms with Crippen molar-refractivity contribution in [2.24, 2.45) is 0 Å². The fraction of sp³-hybridized carbons (Fsp3) is 0.900. The van der Waals surface area contributed by atoms with E-state index < -0.39 is 0 Å². The molecule has 4 aliphatic rings. The minimum Gasteiger partial charge on any atom is -0.378 e. The summed E-state index contributed by atoms with van der Waals surface area (Å²) in [6.45, 7) is 13.2. The van der Waals surface area contributed by atoms with Gasteiger partial charge < -0.3 is 28.4 Å². The van der Waals surface area contributed by atoms with E-state index in [-0.39, 0.29) is 51.4 Å². The van der Waals surface area contributed by atoms with Gasteiger partial charge in [-0.25, -0.2) is 0 Å². The second kappa shape index (κ2) is 25.5. The summed E-state index contributed by atoms with van der Waals surface area (Å²) in [4.78, 5) is 7.04. The fourth-order valence-electron chi connectivity index (χ4n) is 2.95. The Morgan fingerprint density at radius 2 is 0.812 bits per heavy atom. The molecule has 0 saturated carbocycles. The van der Waals surface area contributed by atoms with Crippen LogP contribution in [0.4, 0.5) is 0 Å².